The highest BCUT2D eigenvalue weighted by Crippen LogP contribution is 2.22. The maximum atomic E-state index is 13.5. The van der Waals surface area contributed by atoms with E-state index < -0.39 is 0 Å². The Morgan fingerprint density at radius 2 is 2.00 bits per heavy atom. The fourth-order valence-corrected chi connectivity index (χ4v) is 1.82. The maximum Gasteiger partial charge on any atom is 0.152 e. The molecule has 0 bridgehead atoms. The number of halogens is 3. The predicted octanol–water partition coefficient (Wildman–Crippen LogP) is 4.14. The summed E-state index contributed by atoms with van der Waals surface area (Å²) in [4.78, 5) is 3.91. The second-order valence-corrected chi connectivity index (χ2v) is 4.16. The Morgan fingerprint density at radius 1 is 1.18 bits per heavy atom. The molecule has 0 aliphatic carbocycles. The lowest BCUT2D eigenvalue weighted by Crippen LogP contribution is -2.03. The molecule has 0 fully saturated rings. The molecule has 0 aliphatic rings. The summed E-state index contributed by atoms with van der Waals surface area (Å²) >= 11 is 11.8. The molecular weight excluding hydrogens is 262 g/mol. The van der Waals surface area contributed by atoms with Gasteiger partial charge in [-0.2, -0.15) is 0 Å². The van der Waals surface area contributed by atoms with Gasteiger partial charge in [0.05, 0.1) is 5.69 Å². The minimum absolute atomic E-state index is 0.261. The van der Waals surface area contributed by atoms with E-state index in [-0.39, 0.29) is 12.4 Å². The van der Waals surface area contributed by atoms with Crippen molar-refractivity contribution in [2.45, 2.75) is 6.54 Å². The van der Waals surface area contributed by atoms with Crippen LogP contribution >= 0.6 is 23.2 Å². The fraction of sp³-hybridized carbons (Fsp3) is 0.0833. The van der Waals surface area contributed by atoms with Gasteiger partial charge in [-0.15, -0.1) is 0 Å². The molecular formula is C12H9Cl2FN2. The van der Waals surface area contributed by atoms with E-state index >= 15 is 0 Å². The van der Waals surface area contributed by atoms with E-state index in [1.165, 1.54) is 6.07 Å². The van der Waals surface area contributed by atoms with Crippen LogP contribution in [0.2, 0.25) is 10.2 Å². The Morgan fingerprint density at radius 3 is 2.71 bits per heavy atom. The monoisotopic (exact) mass is 270 g/mol. The highest BCUT2D eigenvalue weighted by atomic mass is 35.5. The first kappa shape index (κ1) is 12.1. The Hall–Kier alpha value is -1.32. The van der Waals surface area contributed by atoms with Crippen LogP contribution in [0.25, 0.3) is 0 Å². The largest absolute Gasteiger partial charge is 0.378 e. The second-order valence-electron chi connectivity index (χ2n) is 3.40. The molecule has 17 heavy (non-hydrogen) atoms. The summed E-state index contributed by atoms with van der Waals surface area (Å²) < 4.78 is 13.5. The van der Waals surface area contributed by atoms with Crippen LogP contribution in [0.3, 0.4) is 0 Å². The van der Waals surface area contributed by atoms with Crippen LogP contribution in [-0.2, 0) is 6.54 Å². The van der Waals surface area contributed by atoms with Crippen molar-refractivity contribution < 1.29 is 4.39 Å². The summed E-state index contributed by atoms with van der Waals surface area (Å²) in [5.41, 5.74) is 1.06. The summed E-state index contributed by atoms with van der Waals surface area (Å²) in [5.74, 6) is -0.343. The molecule has 1 aromatic carbocycles. The lowest BCUT2D eigenvalue weighted by Gasteiger charge is -2.09. The van der Waals surface area contributed by atoms with Crippen molar-refractivity contribution >= 4 is 28.9 Å². The molecule has 0 radical (unpaired) electrons. The van der Waals surface area contributed by atoms with Crippen molar-refractivity contribution in [3.05, 3.63) is 58.1 Å². The molecule has 2 nitrogen and oxygen atoms in total. The molecule has 1 aromatic heterocycles. The van der Waals surface area contributed by atoms with Gasteiger partial charge in [-0.1, -0.05) is 29.3 Å². The summed E-state index contributed by atoms with van der Waals surface area (Å²) in [5, 5.41) is 3.73. The van der Waals surface area contributed by atoms with Crippen molar-refractivity contribution in [1.82, 2.24) is 4.98 Å². The minimum atomic E-state index is -0.343. The number of anilines is 1. The molecule has 0 spiro atoms. The van der Waals surface area contributed by atoms with E-state index in [2.05, 4.69) is 10.3 Å². The summed E-state index contributed by atoms with van der Waals surface area (Å²) in [6, 6.07) is 8.10. The van der Waals surface area contributed by atoms with Crippen LogP contribution in [0.15, 0.2) is 36.5 Å². The van der Waals surface area contributed by atoms with Gasteiger partial charge in [0.2, 0.25) is 0 Å². The van der Waals surface area contributed by atoms with Crippen LogP contribution in [0, 0.1) is 5.82 Å². The minimum Gasteiger partial charge on any atom is -0.378 e. The van der Waals surface area contributed by atoms with Crippen LogP contribution in [0.4, 0.5) is 10.1 Å². The third kappa shape index (κ3) is 2.87. The van der Waals surface area contributed by atoms with Crippen molar-refractivity contribution in [3.8, 4) is 0 Å². The number of benzene rings is 1. The van der Waals surface area contributed by atoms with Crippen LogP contribution < -0.4 is 5.32 Å². The lowest BCUT2D eigenvalue weighted by atomic mass is 10.2. The average Bonchev–Trinajstić information content (AvgIpc) is 2.30. The van der Waals surface area contributed by atoms with E-state index in [9.17, 15) is 4.39 Å². The number of hydrogen-bond donors (Lipinski definition) is 1. The van der Waals surface area contributed by atoms with Gasteiger partial charge in [0.1, 0.15) is 5.82 Å². The van der Waals surface area contributed by atoms with Gasteiger partial charge in [-0.3, -0.25) is 0 Å². The Labute approximate surface area is 108 Å². The molecule has 0 aliphatic heterocycles. The molecule has 1 heterocycles. The first-order valence-corrected chi connectivity index (χ1v) is 5.71. The van der Waals surface area contributed by atoms with Crippen molar-refractivity contribution in [2.24, 2.45) is 0 Å². The summed E-state index contributed by atoms with van der Waals surface area (Å²) in [6.45, 7) is 0.261. The lowest BCUT2D eigenvalue weighted by molar-refractivity contribution is 0.613. The van der Waals surface area contributed by atoms with E-state index in [4.69, 9.17) is 23.2 Å². The predicted molar refractivity (Wildman–Crippen MR) is 68.0 cm³/mol. The summed E-state index contributed by atoms with van der Waals surface area (Å²) in [7, 11) is 0. The standard InChI is InChI=1S/C12H9Cl2FN2/c13-9-3-1-4-10(15)8(9)7-17-11-5-2-6-16-12(11)14/h1-6,17H,7H2. The maximum absolute atomic E-state index is 13.5. The first-order chi connectivity index (χ1) is 8.18. The normalized spacial score (nSPS) is 10.3. The van der Waals surface area contributed by atoms with Gasteiger partial charge in [-0.05, 0) is 24.3 Å². The molecule has 2 aromatic rings. The fourth-order valence-electron chi connectivity index (χ4n) is 1.40. The molecule has 0 atom stereocenters. The van der Waals surface area contributed by atoms with Gasteiger partial charge >= 0.3 is 0 Å². The molecule has 0 saturated carbocycles. The third-order valence-electron chi connectivity index (χ3n) is 2.28. The van der Waals surface area contributed by atoms with Gasteiger partial charge in [-0.25, -0.2) is 9.37 Å². The summed E-state index contributed by atoms with van der Waals surface area (Å²) in [6.07, 6.45) is 1.59. The zero-order valence-corrected chi connectivity index (χ0v) is 10.3. The average molecular weight is 271 g/mol. The molecule has 1 N–H and O–H groups in total. The number of rotatable bonds is 3. The topological polar surface area (TPSA) is 24.9 Å². The molecule has 0 unspecified atom stereocenters. The van der Waals surface area contributed by atoms with Crippen molar-refractivity contribution in [1.29, 1.82) is 0 Å². The number of nitrogens with zero attached hydrogens (tertiary/aromatic N) is 1. The Bertz CT molecular complexity index is 511. The quantitative estimate of drug-likeness (QED) is 0.848. The van der Waals surface area contributed by atoms with Crippen LogP contribution in [0.5, 0.6) is 0 Å². The number of hydrogen-bond acceptors (Lipinski definition) is 2. The number of nitrogens with one attached hydrogen (secondary N) is 1. The van der Waals surface area contributed by atoms with Crippen LogP contribution in [0.1, 0.15) is 5.56 Å². The van der Waals surface area contributed by atoms with E-state index in [1.54, 1.807) is 30.5 Å². The zero-order valence-electron chi connectivity index (χ0n) is 8.75. The molecule has 2 rings (SSSR count). The Balaban J connectivity index is 2.16. The van der Waals surface area contributed by atoms with Gasteiger partial charge in [0, 0.05) is 23.3 Å². The van der Waals surface area contributed by atoms with Gasteiger partial charge in [0.15, 0.2) is 5.15 Å². The number of aromatic nitrogens is 1. The highest BCUT2D eigenvalue weighted by molar-refractivity contribution is 6.32. The first-order valence-electron chi connectivity index (χ1n) is 4.96. The third-order valence-corrected chi connectivity index (χ3v) is 2.93. The van der Waals surface area contributed by atoms with Crippen LogP contribution in [-0.4, -0.2) is 4.98 Å². The zero-order chi connectivity index (χ0) is 12.3. The van der Waals surface area contributed by atoms with Gasteiger partial charge in [0.25, 0.3) is 0 Å². The molecule has 0 amide bonds. The molecule has 5 heteroatoms. The van der Waals surface area contributed by atoms with E-state index in [0.717, 1.165) is 0 Å². The number of pyridine rings is 1. The Kier molecular flexibility index (Phi) is 3.82. The van der Waals surface area contributed by atoms with Crippen molar-refractivity contribution in [3.63, 3.8) is 0 Å². The second kappa shape index (κ2) is 5.34. The SMILES string of the molecule is Fc1cccc(Cl)c1CNc1cccnc1Cl. The molecule has 88 valence electrons. The highest BCUT2D eigenvalue weighted by Gasteiger charge is 2.07. The van der Waals surface area contributed by atoms with Crippen molar-refractivity contribution in [2.75, 3.05) is 5.32 Å². The molecule has 0 saturated heterocycles. The smallest absolute Gasteiger partial charge is 0.152 e. The van der Waals surface area contributed by atoms with E-state index in [0.29, 0.717) is 21.4 Å². The van der Waals surface area contributed by atoms with Gasteiger partial charge < -0.3 is 5.32 Å². The van der Waals surface area contributed by atoms with E-state index in [1.807, 2.05) is 0 Å².